The summed E-state index contributed by atoms with van der Waals surface area (Å²) in [7, 11) is -3.37. The lowest BCUT2D eigenvalue weighted by atomic mass is 9.98. The summed E-state index contributed by atoms with van der Waals surface area (Å²) in [5.41, 5.74) is 0. The standard InChI is InChI=1S/C16H29O4S2/c17-16(15-9-4-5-10-15)11-3-1-8-14-22(18,19)20-21-12-6-2-7-13-21/h15H,1-14H2/q+1. The van der Waals surface area contributed by atoms with E-state index >= 15 is 0 Å². The lowest BCUT2D eigenvalue weighted by molar-refractivity contribution is -0.122. The minimum atomic E-state index is -3.37. The number of carbonyl (C=O) groups excluding carboxylic acids is 1. The maximum Gasteiger partial charge on any atom is 0.311 e. The number of hydrogen-bond acceptors (Lipinski definition) is 4. The molecular weight excluding hydrogens is 320 g/mol. The molecule has 1 aliphatic heterocycles. The summed E-state index contributed by atoms with van der Waals surface area (Å²) in [6.45, 7) is 0. The third-order valence-electron chi connectivity index (χ3n) is 4.57. The van der Waals surface area contributed by atoms with Gasteiger partial charge in [0.1, 0.15) is 17.3 Å². The monoisotopic (exact) mass is 349 g/mol. The second kappa shape index (κ2) is 9.28. The molecule has 1 heterocycles. The van der Waals surface area contributed by atoms with E-state index in [1.165, 1.54) is 19.3 Å². The van der Waals surface area contributed by atoms with Gasteiger partial charge in [-0.3, -0.25) is 4.79 Å². The van der Waals surface area contributed by atoms with Crippen LogP contribution in [0.2, 0.25) is 0 Å². The first-order valence-electron chi connectivity index (χ1n) is 8.70. The smallest absolute Gasteiger partial charge is 0.299 e. The molecule has 22 heavy (non-hydrogen) atoms. The molecule has 1 saturated heterocycles. The summed E-state index contributed by atoms with van der Waals surface area (Å²) in [6.07, 6.45) is 10.7. The Morgan fingerprint density at radius 3 is 2.32 bits per heavy atom. The molecule has 1 saturated carbocycles. The van der Waals surface area contributed by atoms with Crippen molar-refractivity contribution in [3.05, 3.63) is 0 Å². The van der Waals surface area contributed by atoms with Crippen molar-refractivity contribution < 1.29 is 16.8 Å². The number of ketones is 1. The van der Waals surface area contributed by atoms with E-state index in [0.717, 1.165) is 50.0 Å². The van der Waals surface area contributed by atoms with E-state index in [4.69, 9.17) is 3.63 Å². The van der Waals surface area contributed by atoms with Crippen molar-refractivity contribution in [1.82, 2.24) is 0 Å². The van der Waals surface area contributed by atoms with Crippen molar-refractivity contribution in [2.75, 3.05) is 17.3 Å². The van der Waals surface area contributed by atoms with Crippen LogP contribution in [0.15, 0.2) is 0 Å². The largest absolute Gasteiger partial charge is 0.311 e. The zero-order valence-electron chi connectivity index (χ0n) is 13.4. The normalized spacial score (nSPS) is 21.3. The van der Waals surface area contributed by atoms with Crippen LogP contribution in [0.4, 0.5) is 0 Å². The van der Waals surface area contributed by atoms with Crippen LogP contribution < -0.4 is 0 Å². The Kier molecular flexibility index (Phi) is 7.71. The number of hydrogen-bond donors (Lipinski definition) is 0. The molecule has 0 unspecified atom stereocenters. The number of unbranched alkanes of at least 4 members (excludes halogenated alkanes) is 2. The molecule has 2 rings (SSSR count). The zero-order chi connectivity index (χ0) is 15.8. The van der Waals surface area contributed by atoms with Crippen LogP contribution in [0.25, 0.3) is 0 Å². The number of carbonyl (C=O) groups is 1. The lowest BCUT2D eigenvalue weighted by Crippen LogP contribution is -2.24. The van der Waals surface area contributed by atoms with Crippen molar-refractivity contribution in [2.24, 2.45) is 5.92 Å². The minimum Gasteiger partial charge on any atom is -0.299 e. The van der Waals surface area contributed by atoms with Crippen molar-refractivity contribution >= 4 is 27.1 Å². The molecule has 0 spiro atoms. The van der Waals surface area contributed by atoms with Gasteiger partial charge in [0.25, 0.3) is 0 Å². The molecule has 0 aromatic rings. The molecule has 0 radical (unpaired) electrons. The van der Waals surface area contributed by atoms with Gasteiger partial charge in [0, 0.05) is 12.3 Å². The summed E-state index contributed by atoms with van der Waals surface area (Å²) < 4.78 is 29.2. The maximum absolute atomic E-state index is 11.9. The van der Waals surface area contributed by atoms with Gasteiger partial charge < -0.3 is 0 Å². The van der Waals surface area contributed by atoms with Crippen molar-refractivity contribution in [1.29, 1.82) is 0 Å². The van der Waals surface area contributed by atoms with E-state index in [2.05, 4.69) is 0 Å². The van der Waals surface area contributed by atoms with Gasteiger partial charge in [0.2, 0.25) is 0 Å². The van der Waals surface area contributed by atoms with Gasteiger partial charge in [-0.15, -0.1) is 0 Å². The first-order valence-corrected chi connectivity index (χ1v) is 11.8. The number of rotatable bonds is 9. The fourth-order valence-corrected chi connectivity index (χ4v) is 7.06. The van der Waals surface area contributed by atoms with Gasteiger partial charge in [-0.25, -0.2) is 0 Å². The van der Waals surface area contributed by atoms with Crippen LogP contribution >= 0.6 is 0 Å². The van der Waals surface area contributed by atoms with E-state index in [-0.39, 0.29) is 16.9 Å². The SMILES string of the molecule is O=C(CCCCCS(=O)(=O)O[S+]1CCCCC1)C1CCCC1. The topological polar surface area (TPSA) is 60.4 Å². The minimum absolute atomic E-state index is 0.105. The molecule has 6 heteroatoms. The van der Waals surface area contributed by atoms with E-state index in [9.17, 15) is 13.2 Å². The Balaban J connectivity index is 1.55. The third-order valence-corrected chi connectivity index (χ3v) is 8.45. The molecule has 0 aromatic heterocycles. The molecular formula is C16H29O4S2+. The van der Waals surface area contributed by atoms with Crippen molar-refractivity contribution in [2.45, 2.75) is 70.6 Å². The predicted molar refractivity (Wildman–Crippen MR) is 91.3 cm³/mol. The van der Waals surface area contributed by atoms with Gasteiger partial charge in [0.15, 0.2) is 11.2 Å². The van der Waals surface area contributed by atoms with Crippen LogP contribution in [0.1, 0.15) is 70.6 Å². The molecule has 0 atom stereocenters. The third kappa shape index (κ3) is 6.59. The summed E-state index contributed by atoms with van der Waals surface area (Å²) in [5, 5.41) is 0. The molecule has 0 amide bonds. The highest BCUT2D eigenvalue weighted by Gasteiger charge is 2.31. The van der Waals surface area contributed by atoms with Crippen LogP contribution in [0.5, 0.6) is 0 Å². The second-order valence-electron chi connectivity index (χ2n) is 6.50. The zero-order valence-corrected chi connectivity index (χ0v) is 15.1. The Morgan fingerprint density at radius 2 is 1.64 bits per heavy atom. The molecule has 0 N–H and O–H groups in total. The quantitative estimate of drug-likeness (QED) is 0.473. The lowest BCUT2D eigenvalue weighted by Gasteiger charge is -2.11. The fourth-order valence-electron chi connectivity index (χ4n) is 3.26. The highest BCUT2D eigenvalue weighted by atomic mass is 32.3. The highest BCUT2D eigenvalue weighted by molar-refractivity contribution is 8.02. The summed E-state index contributed by atoms with van der Waals surface area (Å²) in [6, 6.07) is 0. The molecule has 2 aliphatic rings. The van der Waals surface area contributed by atoms with Gasteiger partial charge >= 0.3 is 10.1 Å². The Labute approximate surface area is 138 Å². The molecule has 128 valence electrons. The molecule has 0 bridgehead atoms. The average molecular weight is 350 g/mol. The van der Waals surface area contributed by atoms with Gasteiger partial charge in [-0.2, -0.15) is 8.42 Å². The van der Waals surface area contributed by atoms with Crippen LogP contribution in [-0.2, 0) is 29.7 Å². The maximum atomic E-state index is 11.9. The van der Waals surface area contributed by atoms with E-state index in [1.54, 1.807) is 0 Å². The summed E-state index contributed by atoms with van der Waals surface area (Å²) in [4.78, 5) is 11.9. The Morgan fingerprint density at radius 1 is 0.955 bits per heavy atom. The molecule has 2 fully saturated rings. The second-order valence-corrected chi connectivity index (χ2v) is 10.3. The van der Waals surface area contributed by atoms with Gasteiger partial charge in [-0.1, -0.05) is 19.3 Å². The van der Waals surface area contributed by atoms with Crippen LogP contribution in [-0.4, -0.2) is 31.5 Å². The number of Topliss-reactive ketones (excluding diaryl/α,β-unsaturated/α-hetero) is 1. The molecule has 4 nitrogen and oxygen atoms in total. The molecule has 1 aliphatic carbocycles. The molecule has 0 aromatic carbocycles. The highest BCUT2D eigenvalue weighted by Crippen LogP contribution is 2.27. The Hall–Kier alpha value is -0.0700. The van der Waals surface area contributed by atoms with Crippen LogP contribution in [0, 0.1) is 5.92 Å². The fraction of sp³-hybridized carbons (Fsp3) is 0.938. The van der Waals surface area contributed by atoms with Crippen LogP contribution in [0.3, 0.4) is 0 Å². The first kappa shape index (κ1) is 18.3. The van der Waals surface area contributed by atoms with Crippen molar-refractivity contribution in [3.8, 4) is 0 Å². The van der Waals surface area contributed by atoms with E-state index < -0.39 is 10.1 Å². The van der Waals surface area contributed by atoms with Gasteiger partial charge in [-0.05, 0) is 48.6 Å². The average Bonchev–Trinajstić information content (AvgIpc) is 3.01. The van der Waals surface area contributed by atoms with Crippen molar-refractivity contribution in [3.63, 3.8) is 0 Å². The first-order chi connectivity index (χ1) is 10.6. The van der Waals surface area contributed by atoms with Gasteiger partial charge in [0.05, 0.1) is 5.75 Å². The summed E-state index contributed by atoms with van der Waals surface area (Å²) in [5.74, 6) is 2.58. The van der Waals surface area contributed by atoms with E-state index in [1.807, 2.05) is 0 Å². The predicted octanol–water partition coefficient (Wildman–Crippen LogP) is 3.37. The Bertz CT molecular complexity index is 435. The van der Waals surface area contributed by atoms with E-state index in [0.29, 0.717) is 24.5 Å². The summed E-state index contributed by atoms with van der Waals surface area (Å²) >= 11 is -0.372.